The first-order valence-corrected chi connectivity index (χ1v) is 3.79. The molecule has 0 bridgehead atoms. The number of rotatable bonds is 3. The summed E-state index contributed by atoms with van der Waals surface area (Å²) in [5.41, 5.74) is 0. The molecule has 6 heteroatoms. The van der Waals surface area contributed by atoms with Gasteiger partial charge in [0.1, 0.15) is 12.2 Å². The zero-order chi connectivity index (χ0) is 10.0. The van der Waals surface area contributed by atoms with Crippen LogP contribution in [0.1, 0.15) is 5.82 Å². The third-order valence-corrected chi connectivity index (χ3v) is 1.65. The first-order chi connectivity index (χ1) is 6.02. The molecule has 1 N–H and O–H groups in total. The molecule has 0 unspecified atom stereocenters. The van der Waals surface area contributed by atoms with Crippen LogP contribution in [0.25, 0.3) is 0 Å². The summed E-state index contributed by atoms with van der Waals surface area (Å²) in [6.45, 7) is 0. The molecule has 1 aromatic heterocycles. The average molecular weight is 184 g/mol. The maximum Gasteiger partial charge on any atom is 0.311 e. The van der Waals surface area contributed by atoms with Crippen molar-refractivity contribution in [3.8, 4) is 0 Å². The molecule has 72 valence electrons. The van der Waals surface area contributed by atoms with Crippen LogP contribution in [0.4, 0.5) is 5.95 Å². The average Bonchev–Trinajstić information content (AvgIpc) is 2.32. The fraction of sp³-hybridized carbons (Fsp3) is 0.571. The Bertz CT molecular complexity index is 318. The summed E-state index contributed by atoms with van der Waals surface area (Å²) in [5, 5.41) is 16.2. The number of anilines is 1. The minimum atomic E-state index is -0.902. The van der Waals surface area contributed by atoms with Crippen molar-refractivity contribution in [3.05, 3.63) is 5.82 Å². The molecule has 0 atom stereocenters. The standard InChI is InChI=1S/C7H12N4O2/c1-10(2)7-9-8-5(11(7)3)4-6(12)13/h4H2,1-3H3,(H,12,13). The molecule has 1 rings (SSSR count). The molecule has 0 aromatic carbocycles. The molecule has 1 heterocycles. The van der Waals surface area contributed by atoms with Gasteiger partial charge in [-0.05, 0) is 0 Å². The second kappa shape index (κ2) is 3.42. The number of carboxylic acid groups (broad SMARTS) is 1. The second-order valence-corrected chi connectivity index (χ2v) is 2.94. The number of aromatic nitrogens is 3. The summed E-state index contributed by atoms with van der Waals surface area (Å²) >= 11 is 0. The van der Waals surface area contributed by atoms with E-state index in [9.17, 15) is 4.79 Å². The first kappa shape index (κ1) is 9.50. The van der Waals surface area contributed by atoms with Crippen molar-refractivity contribution in [1.29, 1.82) is 0 Å². The van der Waals surface area contributed by atoms with Gasteiger partial charge >= 0.3 is 5.97 Å². The van der Waals surface area contributed by atoms with Crippen LogP contribution in [0.2, 0.25) is 0 Å². The van der Waals surface area contributed by atoms with Crippen LogP contribution in [-0.4, -0.2) is 39.9 Å². The van der Waals surface area contributed by atoms with Crippen molar-refractivity contribution in [1.82, 2.24) is 14.8 Å². The van der Waals surface area contributed by atoms with Gasteiger partial charge in [-0.2, -0.15) is 0 Å². The van der Waals surface area contributed by atoms with Gasteiger partial charge in [0.15, 0.2) is 0 Å². The van der Waals surface area contributed by atoms with Crippen LogP contribution in [-0.2, 0) is 18.3 Å². The molecule has 1 aromatic rings. The van der Waals surface area contributed by atoms with Crippen molar-refractivity contribution in [2.75, 3.05) is 19.0 Å². The van der Waals surface area contributed by atoms with Crippen LogP contribution < -0.4 is 4.90 Å². The van der Waals surface area contributed by atoms with Gasteiger partial charge in [-0.3, -0.25) is 9.36 Å². The Morgan fingerprint density at radius 2 is 2.15 bits per heavy atom. The molecule has 0 fully saturated rings. The van der Waals surface area contributed by atoms with E-state index < -0.39 is 5.97 Å². The fourth-order valence-corrected chi connectivity index (χ4v) is 1.03. The zero-order valence-electron chi connectivity index (χ0n) is 7.85. The van der Waals surface area contributed by atoms with Crippen LogP contribution in [0.3, 0.4) is 0 Å². The van der Waals surface area contributed by atoms with E-state index in [1.807, 2.05) is 14.1 Å². The SMILES string of the molecule is CN(C)c1nnc(CC(=O)O)n1C. The third kappa shape index (κ3) is 1.95. The molecule has 0 radical (unpaired) electrons. The number of hydrogen-bond donors (Lipinski definition) is 1. The zero-order valence-corrected chi connectivity index (χ0v) is 7.85. The van der Waals surface area contributed by atoms with Crippen molar-refractivity contribution >= 4 is 11.9 Å². The Hall–Kier alpha value is -1.59. The maximum absolute atomic E-state index is 10.4. The van der Waals surface area contributed by atoms with Gasteiger partial charge in [-0.1, -0.05) is 0 Å². The highest BCUT2D eigenvalue weighted by molar-refractivity contribution is 5.69. The van der Waals surface area contributed by atoms with Crippen LogP contribution in [0.15, 0.2) is 0 Å². The van der Waals surface area contributed by atoms with Crippen LogP contribution >= 0.6 is 0 Å². The molecule has 0 saturated carbocycles. The minimum absolute atomic E-state index is 0.0999. The summed E-state index contributed by atoms with van der Waals surface area (Å²) in [7, 11) is 5.40. The quantitative estimate of drug-likeness (QED) is 0.686. The smallest absolute Gasteiger partial charge is 0.311 e. The largest absolute Gasteiger partial charge is 0.481 e. The second-order valence-electron chi connectivity index (χ2n) is 2.94. The van der Waals surface area contributed by atoms with E-state index in [-0.39, 0.29) is 6.42 Å². The van der Waals surface area contributed by atoms with E-state index in [4.69, 9.17) is 5.11 Å². The molecular weight excluding hydrogens is 172 g/mol. The fourth-order valence-electron chi connectivity index (χ4n) is 1.03. The number of carbonyl (C=O) groups is 1. The lowest BCUT2D eigenvalue weighted by molar-refractivity contribution is -0.136. The number of aliphatic carboxylic acids is 1. The van der Waals surface area contributed by atoms with E-state index >= 15 is 0 Å². The Morgan fingerprint density at radius 1 is 1.54 bits per heavy atom. The highest BCUT2D eigenvalue weighted by atomic mass is 16.4. The van der Waals surface area contributed by atoms with Crippen LogP contribution in [0, 0.1) is 0 Å². The van der Waals surface area contributed by atoms with Gasteiger partial charge in [-0.15, -0.1) is 10.2 Å². The summed E-state index contributed by atoms with van der Waals surface area (Å²) in [4.78, 5) is 12.2. The predicted octanol–water partition coefficient (Wildman–Crippen LogP) is -0.492. The number of hydrogen-bond acceptors (Lipinski definition) is 4. The molecule has 0 aliphatic carbocycles. The first-order valence-electron chi connectivity index (χ1n) is 3.79. The summed E-state index contributed by atoms with van der Waals surface area (Å²) in [6, 6.07) is 0. The van der Waals surface area contributed by atoms with Gasteiger partial charge in [0.05, 0.1) is 0 Å². The summed E-state index contributed by atoms with van der Waals surface area (Å²) in [5.74, 6) is 0.202. The predicted molar refractivity (Wildman–Crippen MR) is 46.7 cm³/mol. The van der Waals surface area contributed by atoms with Gasteiger partial charge in [0, 0.05) is 21.1 Å². The van der Waals surface area contributed by atoms with E-state index in [1.54, 1.807) is 16.5 Å². The lowest BCUT2D eigenvalue weighted by Crippen LogP contribution is -2.15. The van der Waals surface area contributed by atoms with Crippen LogP contribution in [0.5, 0.6) is 0 Å². The highest BCUT2D eigenvalue weighted by Crippen LogP contribution is 2.07. The monoisotopic (exact) mass is 184 g/mol. The Balaban J connectivity index is 2.92. The molecule has 0 aliphatic heterocycles. The third-order valence-electron chi connectivity index (χ3n) is 1.65. The summed E-state index contributed by atoms with van der Waals surface area (Å²) < 4.78 is 1.66. The summed E-state index contributed by atoms with van der Waals surface area (Å²) in [6.07, 6.45) is -0.0999. The molecule has 0 amide bonds. The molecule has 6 nitrogen and oxygen atoms in total. The molecule has 0 aliphatic rings. The van der Waals surface area contributed by atoms with Crippen molar-refractivity contribution in [2.24, 2.45) is 7.05 Å². The van der Waals surface area contributed by atoms with Crippen molar-refractivity contribution in [3.63, 3.8) is 0 Å². The minimum Gasteiger partial charge on any atom is -0.481 e. The van der Waals surface area contributed by atoms with E-state index in [2.05, 4.69) is 10.2 Å². The van der Waals surface area contributed by atoms with Gasteiger partial charge in [0.2, 0.25) is 5.95 Å². The Labute approximate surface area is 75.8 Å². The van der Waals surface area contributed by atoms with E-state index in [1.165, 1.54) is 0 Å². The van der Waals surface area contributed by atoms with E-state index in [0.717, 1.165) is 0 Å². The van der Waals surface area contributed by atoms with E-state index in [0.29, 0.717) is 11.8 Å². The molecule has 0 spiro atoms. The highest BCUT2D eigenvalue weighted by Gasteiger charge is 2.12. The molecule has 13 heavy (non-hydrogen) atoms. The number of nitrogens with zero attached hydrogens (tertiary/aromatic N) is 4. The molecular formula is C7H12N4O2. The lowest BCUT2D eigenvalue weighted by atomic mass is 10.4. The van der Waals surface area contributed by atoms with Gasteiger partial charge < -0.3 is 10.0 Å². The molecule has 0 saturated heterocycles. The van der Waals surface area contributed by atoms with Gasteiger partial charge in [-0.25, -0.2) is 0 Å². The lowest BCUT2D eigenvalue weighted by Gasteiger charge is -2.10. The van der Waals surface area contributed by atoms with Crippen molar-refractivity contribution in [2.45, 2.75) is 6.42 Å². The Kier molecular flexibility index (Phi) is 2.50. The maximum atomic E-state index is 10.4. The van der Waals surface area contributed by atoms with Gasteiger partial charge in [0.25, 0.3) is 0 Å². The topological polar surface area (TPSA) is 71.2 Å². The Morgan fingerprint density at radius 3 is 2.54 bits per heavy atom. The number of carboxylic acids is 1. The van der Waals surface area contributed by atoms with Crippen molar-refractivity contribution < 1.29 is 9.90 Å². The normalized spacial score (nSPS) is 10.1.